The van der Waals surface area contributed by atoms with E-state index in [4.69, 9.17) is 9.84 Å². The fourth-order valence-corrected chi connectivity index (χ4v) is 6.92. The zero-order chi connectivity index (χ0) is 41.7. The Labute approximate surface area is 338 Å². The number of carboxylic acid groups (broad SMARTS) is 3. The van der Waals surface area contributed by atoms with Crippen LogP contribution < -0.4 is 10.6 Å². The average Bonchev–Trinajstić information content (AvgIpc) is 3.15. The van der Waals surface area contributed by atoms with E-state index < -0.39 is 60.8 Å². The number of ether oxygens (including phenoxy) is 1. The van der Waals surface area contributed by atoms with E-state index in [1.165, 1.54) is 116 Å². The number of carbonyl (C=O) groups excluding carboxylic acids is 3. The zero-order valence-electron chi connectivity index (χ0n) is 35.3. The van der Waals surface area contributed by atoms with Gasteiger partial charge in [-0.1, -0.05) is 168 Å². The number of aliphatic carboxylic acids is 3. The van der Waals surface area contributed by atoms with Gasteiger partial charge in [0.25, 0.3) is 0 Å². The molecule has 0 aliphatic heterocycles. The summed E-state index contributed by atoms with van der Waals surface area (Å²) in [6.07, 6.45) is 29.0. The number of nitrogens with one attached hydrogen (secondary N) is 2. The Bertz CT molecular complexity index is 1050. The second-order valence-electron chi connectivity index (χ2n) is 15.7. The van der Waals surface area contributed by atoms with Crippen LogP contribution in [0.4, 0.5) is 0 Å². The number of rotatable bonds is 41. The van der Waals surface area contributed by atoms with Gasteiger partial charge in [0.1, 0.15) is 18.2 Å². The molecule has 5 N–H and O–H groups in total. The maximum Gasteiger partial charge on any atom is 0.326 e. The van der Waals surface area contributed by atoms with Crippen molar-refractivity contribution in [3.8, 4) is 0 Å². The van der Waals surface area contributed by atoms with E-state index in [1.807, 2.05) is 0 Å². The minimum absolute atomic E-state index is 0.221. The third-order valence-corrected chi connectivity index (χ3v) is 10.4. The van der Waals surface area contributed by atoms with Gasteiger partial charge in [0, 0.05) is 19.3 Å². The lowest BCUT2D eigenvalue weighted by Crippen LogP contribution is -2.52. The molecule has 12 heteroatoms. The number of esters is 1. The van der Waals surface area contributed by atoms with Gasteiger partial charge in [0.2, 0.25) is 11.8 Å². The van der Waals surface area contributed by atoms with Crippen molar-refractivity contribution >= 4 is 35.7 Å². The number of carbonyl (C=O) groups is 6. The Morgan fingerprint density at radius 1 is 0.446 bits per heavy atom. The molecule has 0 saturated heterocycles. The summed E-state index contributed by atoms with van der Waals surface area (Å²) >= 11 is 0. The highest BCUT2D eigenvalue weighted by Crippen LogP contribution is 2.18. The molecule has 0 saturated carbocycles. The second-order valence-corrected chi connectivity index (χ2v) is 15.7. The molecule has 3 atom stereocenters. The third-order valence-electron chi connectivity index (χ3n) is 10.4. The molecule has 0 aromatic rings. The molecule has 0 aromatic carbocycles. The number of amides is 2. The molecule has 0 spiro atoms. The van der Waals surface area contributed by atoms with E-state index in [0.717, 1.165) is 44.9 Å². The molecular formula is C44H80N2O10. The van der Waals surface area contributed by atoms with Gasteiger partial charge in [-0.2, -0.15) is 0 Å². The number of unbranched alkanes of at least 4 members (excludes halogenated alkanes) is 24. The molecule has 2 amide bonds. The van der Waals surface area contributed by atoms with Crippen molar-refractivity contribution < 1.29 is 48.8 Å². The van der Waals surface area contributed by atoms with Crippen LogP contribution in [0.2, 0.25) is 0 Å². The summed E-state index contributed by atoms with van der Waals surface area (Å²) in [6, 6.07) is -2.90. The predicted octanol–water partition coefficient (Wildman–Crippen LogP) is 10.0. The highest BCUT2D eigenvalue weighted by Gasteiger charge is 2.28. The van der Waals surface area contributed by atoms with Gasteiger partial charge in [-0.3, -0.25) is 24.0 Å². The largest absolute Gasteiger partial charge is 0.481 e. The maximum absolute atomic E-state index is 13.2. The first kappa shape index (κ1) is 52.8. The minimum Gasteiger partial charge on any atom is -0.481 e. The van der Waals surface area contributed by atoms with Crippen LogP contribution in [-0.4, -0.2) is 69.2 Å². The van der Waals surface area contributed by atoms with Crippen LogP contribution in [0.3, 0.4) is 0 Å². The molecule has 1 unspecified atom stereocenters. The fourth-order valence-electron chi connectivity index (χ4n) is 6.92. The molecule has 326 valence electrons. The summed E-state index contributed by atoms with van der Waals surface area (Å²) in [5.41, 5.74) is 0. The van der Waals surface area contributed by atoms with Crippen molar-refractivity contribution in [2.75, 3.05) is 0 Å². The standard InChI is InChI=1S/C44H80N2O10/c1-3-5-7-9-11-13-15-17-19-21-23-25-27-29-36(56-42(52)30-28-26-24-22-20-18-16-14-12-10-8-6-4-2)35-39(47)45-37(31-33-40(48)49)43(53)46-38(44(54)55)32-34-41(50)51/h36-38H,3-35H2,1-2H3,(H,45,47)(H,46,53)(H,48,49)(H,50,51)(H,54,55)/t36?,37-,38-/m0/s1. The number of hydrogen-bond donors (Lipinski definition) is 5. The SMILES string of the molecule is CCCCCCCCCCCCCCCC(=O)OC(CCCCCCCCCCCCCCC)CC(=O)N[C@@H](CCC(=O)O)C(=O)N[C@@H](CCC(=O)O)C(=O)O. The topological polar surface area (TPSA) is 196 Å². The van der Waals surface area contributed by atoms with Crippen LogP contribution in [0.5, 0.6) is 0 Å². The van der Waals surface area contributed by atoms with E-state index >= 15 is 0 Å². The van der Waals surface area contributed by atoms with E-state index in [0.29, 0.717) is 12.8 Å². The lowest BCUT2D eigenvalue weighted by Gasteiger charge is -2.23. The summed E-state index contributed by atoms with van der Waals surface area (Å²) in [5.74, 6) is -5.81. The smallest absolute Gasteiger partial charge is 0.326 e. The summed E-state index contributed by atoms with van der Waals surface area (Å²) in [4.78, 5) is 73.0. The number of hydrogen-bond acceptors (Lipinski definition) is 7. The molecule has 0 aliphatic carbocycles. The maximum atomic E-state index is 13.2. The summed E-state index contributed by atoms with van der Waals surface area (Å²) in [6.45, 7) is 4.46. The van der Waals surface area contributed by atoms with Crippen LogP contribution in [0.1, 0.15) is 226 Å². The first-order valence-corrected chi connectivity index (χ1v) is 22.5. The van der Waals surface area contributed by atoms with E-state index in [2.05, 4.69) is 24.5 Å². The molecule has 0 radical (unpaired) electrons. The highest BCUT2D eigenvalue weighted by molar-refractivity contribution is 5.91. The Morgan fingerprint density at radius 2 is 0.821 bits per heavy atom. The van der Waals surface area contributed by atoms with Gasteiger partial charge in [0.15, 0.2) is 0 Å². The first-order valence-electron chi connectivity index (χ1n) is 22.5. The van der Waals surface area contributed by atoms with Gasteiger partial charge >= 0.3 is 23.9 Å². The van der Waals surface area contributed by atoms with Crippen LogP contribution in [-0.2, 0) is 33.5 Å². The van der Waals surface area contributed by atoms with Crippen LogP contribution in [0.25, 0.3) is 0 Å². The zero-order valence-corrected chi connectivity index (χ0v) is 35.3. The van der Waals surface area contributed by atoms with E-state index in [-0.39, 0.29) is 31.7 Å². The molecule has 12 nitrogen and oxygen atoms in total. The van der Waals surface area contributed by atoms with Crippen molar-refractivity contribution in [3.05, 3.63) is 0 Å². The van der Waals surface area contributed by atoms with Gasteiger partial charge in [-0.15, -0.1) is 0 Å². The summed E-state index contributed by atoms with van der Waals surface area (Å²) in [5, 5.41) is 32.4. The van der Waals surface area contributed by atoms with Crippen molar-refractivity contribution in [3.63, 3.8) is 0 Å². The minimum atomic E-state index is -1.53. The van der Waals surface area contributed by atoms with E-state index in [9.17, 15) is 39.0 Å². The lowest BCUT2D eigenvalue weighted by molar-refractivity contribution is -0.151. The van der Waals surface area contributed by atoms with Crippen molar-refractivity contribution in [1.29, 1.82) is 0 Å². The third kappa shape index (κ3) is 34.1. The van der Waals surface area contributed by atoms with Crippen LogP contribution >= 0.6 is 0 Å². The normalized spacial score (nSPS) is 12.8. The summed E-state index contributed by atoms with van der Waals surface area (Å²) in [7, 11) is 0. The Morgan fingerprint density at radius 3 is 1.21 bits per heavy atom. The molecule has 0 aromatic heterocycles. The van der Waals surface area contributed by atoms with Crippen molar-refractivity contribution in [1.82, 2.24) is 10.6 Å². The van der Waals surface area contributed by atoms with Gasteiger partial charge in [0.05, 0.1) is 6.42 Å². The monoisotopic (exact) mass is 797 g/mol. The molecule has 0 rings (SSSR count). The Hall–Kier alpha value is -3.18. The fraction of sp³-hybridized carbons (Fsp3) is 0.864. The quantitative estimate of drug-likeness (QED) is 0.0293. The van der Waals surface area contributed by atoms with Crippen LogP contribution in [0, 0.1) is 0 Å². The molecular weight excluding hydrogens is 716 g/mol. The summed E-state index contributed by atoms with van der Waals surface area (Å²) < 4.78 is 5.80. The highest BCUT2D eigenvalue weighted by atomic mass is 16.5. The van der Waals surface area contributed by atoms with Gasteiger partial charge < -0.3 is 30.7 Å². The molecule has 0 bridgehead atoms. The van der Waals surface area contributed by atoms with Crippen LogP contribution in [0.15, 0.2) is 0 Å². The first-order chi connectivity index (χ1) is 27.0. The molecule has 56 heavy (non-hydrogen) atoms. The second kappa shape index (κ2) is 37.4. The van der Waals surface area contributed by atoms with E-state index in [1.54, 1.807) is 0 Å². The Balaban J connectivity index is 5.02. The van der Waals surface area contributed by atoms with Crippen molar-refractivity contribution in [2.45, 2.75) is 244 Å². The van der Waals surface area contributed by atoms with Gasteiger partial charge in [-0.05, 0) is 32.1 Å². The van der Waals surface area contributed by atoms with Gasteiger partial charge in [-0.25, -0.2) is 4.79 Å². The predicted molar refractivity (Wildman–Crippen MR) is 220 cm³/mol. The molecule has 0 aliphatic rings. The Kier molecular flexibility index (Phi) is 35.3. The molecule has 0 fully saturated rings. The average molecular weight is 797 g/mol. The number of carboxylic acids is 3. The molecule has 0 heterocycles. The lowest BCUT2D eigenvalue weighted by atomic mass is 10.0. The van der Waals surface area contributed by atoms with Crippen molar-refractivity contribution in [2.24, 2.45) is 0 Å².